The zero-order chi connectivity index (χ0) is 9.30. The first-order valence-corrected chi connectivity index (χ1v) is 5.03. The first-order valence-electron chi connectivity index (χ1n) is 3.78. The Kier molecular flexibility index (Phi) is 2.84. The summed E-state index contributed by atoms with van der Waals surface area (Å²) in [5, 5.41) is 0.660. The van der Waals surface area contributed by atoms with Gasteiger partial charge in [0.25, 0.3) is 0 Å². The van der Waals surface area contributed by atoms with E-state index in [1.165, 1.54) is 5.56 Å². The Labute approximate surface area is 73.8 Å². The summed E-state index contributed by atoms with van der Waals surface area (Å²) in [5.41, 5.74) is 3.24. The van der Waals surface area contributed by atoms with Crippen molar-refractivity contribution in [3.8, 4) is 0 Å². The van der Waals surface area contributed by atoms with Crippen molar-refractivity contribution in [3.63, 3.8) is 0 Å². The van der Waals surface area contributed by atoms with Crippen LogP contribution in [0.3, 0.4) is 0 Å². The minimum atomic E-state index is -1.94. The third-order valence-electron chi connectivity index (χ3n) is 2.03. The second kappa shape index (κ2) is 3.53. The van der Waals surface area contributed by atoms with Crippen LogP contribution in [0.15, 0.2) is 12.1 Å². The van der Waals surface area contributed by atoms with Gasteiger partial charge in [-0.15, -0.1) is 0 Å². The van der Waals surface area contributed by atoms with Gasteiger partial charge in [-0.1, -0.05) is 6.07 Å². The van der Waals surface area contributed by atoms with E-state index in [2.05, 4.69) is 0 Å². The van der Waals surface area contributed by atoms with E-state index in [1.807, 2.05) is 32.9 Å². The monoisotopic (exact) mass is 184 g/mol. The predicted molar refractivity (Wildman–Crippen MR) is 51.6 cm³/mol. The van der Waals surface area contributed by atoms with Gasteiger partial charge in [0.15, 0.2) is 8.38 Å². The normalized spacial score (nSPS) is 10.8. The van der Waals surface area contributed by atoms with Crippen LogP contribution in [0.4, 0.5) is 0 Å². The number of benzene rings is 1. The molecule has 1 aromatic rings. The average Bonchev–Trinajstić information content (AvgIpc) is 1.96. The molecule has 12 heavy (non-hydrogen) atoms. The molecule has 0 heterocycles. The molecule has 2 N–H and O–H groups in total. The maximum absolute atomic E-state index is 9.04. The van der Waals surface area contributed by atoms with Crippen molar-refractivity contribution in [2.45, 2.75) is 20.8 Å². The molecule has 0 bridgehead atoms. The Morgan fingerprint density at radius 2 is 1.42 bits per heavy atom. The van der Waals surface area contributed by atoms with E-state index in [4.69, 9.17) is 9.79 Å². The van der Waals surface area contributed by atoms with Crippen molar-refractivity contribution in [1.82, 2.24) is 0 Å². The molecule has 0 aliphatic rings. The molecule has 0 fully saturated rings. The molecule has 0 aromatic heterocycles. The molecule has 0 saturated carbocycles. The summed E-state index contributed by atoms with van der Waals surface area (Å²) in [6.07, 6.45) is 0. The molecule has 0 unspecified atom stereocenters. The van der Waals surface area contributed by atoms with Crippen molar-refractivity contribution in [1.29, 1.82) is 0 Å². The number of aryl methyl sites for hydroxylation is 3. The van der Waals surface area contributed by atoms with Gasteiger partial charge in [-0.05, 0) is 43.5 Å². The summed E-state index contributed by atoms with van der Waals surface area (Å²) >= 11 is 0. The van der Waals surface area contributed by atoms with Gasteiger partial charge in [0.1, 0.15) is 0 Å². The van der Waals surface area contributed by atoms with Crippen molar-refractivity contribution in [3.05, 3.63) is 28.8 Å². The lowest BCUT2D eigenvalue weighted by molar-refractivity contribution is 0.496. The molecule has 3 heteroatoms. The van der Waals surface area contributed by atoms with Crippen molar-refractivity contribution < 1.29 is 9.79 Å². The maximum Gasteiger partial charge on any atom is 0.199 e. The van der Waals surface area contributed by atoms with Crippen LogP contribution in [-0.4, -0.2) is 9.79 Å². The highest BCUT2D eigenvalue weighted by molar-refractivity contribution is 7.54. The SMILES string of the molecule is Cc1cc(C)c(P(O)O)cc1C. The van der Waals surface area contributed by atoms with Gasteiger partial charge in [0.05, 0.1) is 0 Å². The highest BCUT2D eigenvalue weighted by Crippen LogP contribution is 2.25. The fourth-order valence-electron chi connectivity index (χ4n) is 1.16. The molecule has 2 nitrogen and oxygen atoms in total. The summed E-state index contributed by atoms with van der Waals surface area (Å²) in [6.45, 7) is 5.88. The third-order valence-corrected chi connectivity index (χ3v) is 2.94. The van der Waals surface area contributed by atoms with Crippen LogP contribution in [-0.2, 0) is 0 Å². The fourth-order valence-corrected chi connectivity index (χ4v) is 1.85. The Hall–Kier alpha value is -0.430. The summed E-state index contributed by atoms with van der Waals surface area (Å²) in [5.74, 6) is 0. The first-order chi connectivity index (χ1) is 5.52. The summed E-state index contributed by atoms with van der Waals surface area (Å²) in [4.78, 5) is 18.1. The van der Waals surface area contributed by atoms with E-state index in [9.17, 15) is 0 Å². The molecule has 0 aliphatic carbocycles. The van der Waals surface area contributed by atoms with Crippen molar-refractivity contribution >= 4 is 13.7 Å². The topological polar surface area (TPSA) is 40.5 Å². The van der Waals surface area contributed by atoms with E-state index in [0.717, 1.165) is 11.1 Å². The lowest BCUT2D eigenvalue weighted by Crippen LogP contribution is -2.06. The molecular weight excluding hydrogens is 171 g/mol. The molecule has 0 spiro atoms. The fraction of sp³-hybridized carbons (Fsp3) is 0.333. The second-order valence-corrected chi connectivity index (χ2v) is 4.07. The summed E-state index contributed by atoms with van der Waals surface area (Å²) in [6, 6.07) is 3.82. The summed E-state index contributed by atoms with van der Waals surface area (Å²) in [7, 11) is -1.94. The van der Waals surface area contributed by atoms with E-state index in [1.54, 1.807) is 0 Å². The molecule has 66 valence electrons. The molecule has 0 radical (unpaired) electrons. The van der Waals surface area contributed by atoms with E-state index in [-0.39, 0.29) is 0 Å². The lowest BCUT2D eigenvalue weighted by atomic mass is 10.1. The van der Waals surface area contributed by atoms with Crippen LogP contribution in [0, 0.1) is 20.8 Å². The van der Waals surface area contributed by atoms with Crippen LogP contribution >= 0.6 is 8.38 Å². The van der Waals surface area contributed by atoms with Gasteiger partial charge in [-0.3, -0.25) is 0 Å². The zero-order valence-corrected chi connectivity index (χ0v) is 8.39. The van der Waals surface area contributed by atoms with Crippen molar-refractivity contribution in [2.75, 3.05) is 0 Å². The Balaban J connectivity index is 3.23. The maximum atomic E-state index is 9.04. The highest BCUT2D eigenvalue weighted by Gasteiger charge is 2.08. The summed E-state index contributed by atoms with van der Waals surface area (Å²) < 4.78 is 0. The van der Waals surface area contributed by atoms with Crippen LogP contribution in [0.25, 0.3) is 0 Å². The molecular formula is C9H13O2P. The Morgan fingerprint density at radius 1 is 0.917 bits per heavy atom. The molecule has 0 amide bonds. The Morgan fingerprint density at radius 3 is 1.92 bits per heavy atom. The van der Waals surface area contributed by atoms with Gasteiger partial charge in [0, 0.05) is 5.30 Å². The zero-order valence-electron chi connectivity index (χ0n) is 7.50. The minimum absolute atomic E-state index is 0.660. The number of hydrogen-bond donors (Lipinski definition) is 2. The molecule has 0 aliphatic heterocycles. The van der Waals surface area contributed by atoms with Crippen LogP contribution in [0.5, 0.6) is 0 Å². The third kappa shape index (κ3) is 1.84. The largest absolute Gasteiger partial charge is 0.347 e. The van der Waals surface area contributed by atoms with E-state index >= 15 is 0 Å². The van der Waals surface area contributed by atoms with Gasteiger partial charge in [-0.25, -0.2) is 0 Å². The van der Waals surface area contributed by atoms with Crippen LogP contribution in [0.1, 0.15) is 16.7 Å². The highest BCUT2D eigenvalue weighted by atomic mass is 31.2. The molecule has 0 saturated heterocycles. The quantitative estimate of drug-likeness (QED) is 0.650. The van der Waals surface area contributed by atoms with Gasteiger partial charge < -0.3 is 9.79 Å². The van der Waals surface area contributed by atoms with Gasteiger partial charge >= 0.3 is 0 Å². The van der Waals surface area contributed by atoms with Crippen molar-refractivity contribution in [2.24, 2.45) is 0 Å². The van der Waals surface area contributed by atoms with Crippen LogP contribution < -0.4 is 5.30 Å². The number of rotatable bonds is 1. The number of hydrogen-bond acceptors (Lipinski definition) is 2. The molecule has 1 rings (SSSR count). The first kappa shape index (κ1) is 9.66. The van der Waals surface area contributed by atoms with Crippen LogP contribution in [0.2, 0.25) is 0 Å². The Bertz CT molecular complexity index is 295. The van der Waals surface area contributed by atoms with Gasteiger partial charge in [-0.2, -0.15) is 0 Å². The smallest absolute Gasteiger partial charge is 0.199 e. The molecule has 1 aromatic carbocycles. The average molecular weight is 184 g/mol. The second-order valence-electron chi connectivity index (χ2n) is 3.01. The van der Waals surface area contributed by atoms with E-state index < -0.39 is 8.38 Å². The lowest BCUT2D eigenvalue weighted by Gasteiger charge is -2.09. The van der Waals surface area contributed by atoms with E-state index in [0.29, 0.717) is 5.30 Å². The minimum Gasteiger partial charge on any atom is -0.347 e. The predicted octanol–water partition coefficient (Wildman–Crippen LogP) is 1.53. The van der Waals surface area contributed by atoms with Gasteiger partial charge in [0.2, 0.25) is 0 Å². The standard InChI is InChI=1S/C9H13O2P/c1-6-4-8(3)9(12(10)11)5-7(6)2/h4-5,10-11H,1-3H3. The molecule has 0 atom stereocenters.